The van der Waals surface area contributed by atoms with E-state index < -0.39 is 0 Å². The lowest BCUT2D eigenvalue weighted by Crippen LogP contribution is -2.13. The molecule has 7 heteroatoms. The first kappa shape index (κ1) is 15.7. The third-order valence-corrected chi connectivity index (χ3v) is 2.85. The van der Waals surface area contributed by atoms with Gasteiger partial charge in [0.1, 0.15) is 22.2 Å². The highest BCUT2D eigenvalue weighted by molar-refractivity contribution is 5.28. The lowest BCUT2D eigenvalue weighted by Gasteiger charge is -2.05. The van der Waals surface area contributed by atoms with Crippen molar-refractivity contribution in [1.29, 1.82) is 0 Å². The maximum atomic E-state index is 9.87. The topological polar surface area (TPSA) is 92.9 Å². The molecular weight excluding hydrogens is 276 g/mol. The Morgan fingerprint density at radius 3 is 1.48 bits per heavy atom. The average molecular weight is 296 g/mol. The molecule has 3 rings (SSSR count). The number of nitrogens with zero attached hydrogens (tertiary/aromatic N) is 2. The number of phenols is 2. The second-order valence-electron chi connectivity index (χ2n) is 4.43. The molecule has 1 aromatic rings. The summed E-state index contributed by atoms with van der Waals surface area (Å²) >= 11 is 0. The molecule has 0 saturated heterocycles. The van der Waals surface area contributed by atoms with Crippen molar-refractivity contribution in [1.82, 2.24) is 0 Å². The Morgan fingerprint density at radius 2 is 1.05 bits per heavy atom. The quantitative estimate of drug-likeness (QED) is 0.493. The van der Waals surface area contributed by atoms with Crippen LogP contribution in [0.3, 0.4) is 0 Å². The van der Waals surface area contributed by atoms with Crippen molar-refractivity contribution in [3.8, 4) is 11.5 Å². The van der Waals surface area contributed by atoms with Gasteiger partial charge in [-0.15, -0.1) is 0 Å². The van der Waals surface area contributed by atoms with Gasteiger partial charge in [0.05, 0.1) is 52.7 Å². The highest BCUT2D eigenvalue weighted by Gasteiger charge is 2.01. The Kier molecular flexibility index (Phi) is 6.39. The van der Waals surface area contributed by atoms with Gasteiger partial charge in [-0.05, 0) is 0 Å². The minimum atomic E-state index is -0.0138. The predicted octanol–water partition coefficient (Wildman–Crippen LogP) is -0.600. The van der Waals surface area contributed by atoms with E-state index >= 15 is 0 Å². The molecule has 0 aliphatic carbocycles. The van der Waals surface area contributed by atoms with E-state index in [2.05, 4.69) is 9.98 Å². The van der Waals surface area contributed by atoms with Crippen LogP contribution >= 0.6 is 0 Å². The van der Waals surface area contributed by atoms with Crippen LogP contribution in [0.4, 0.5) is 0 Å². The standard InChI is InChI=1S/C14H20N2O5/c17-13-10-12-14(18)9-11(13)15-1-3-19-5-7-21-8-6-20-4-2-16-12/h9-10,17-18H,1-8H2. The molecule has 2 N–H and O–H groups in total. The maximum absolute atomic E-state index is 9.87. The number of phenolic OH excluding ortho intramolecular Hbond substituents is 2. The SMILES string of the molecule is Oc1cc2c(O)cc1=NCCOCCOCCOCCN=2. The van der Waals surface area contributed by atoms with Crippen molar-refractivity contribution >= 4 is 0 Å². The first-order valence-electron chi connectivity index (χ1n) is 6.91. The van der Waals surface area contributed by atoms with Gasteiger partial charge in [-0.2, -0.15) is 0 Å². The molecule has 0 fully saturated rings. The first-order valence-corrected chi connectivity index (χ1v) is 6.91. The van der Waals surface area contributed by atoms with E-state index in [4.69, 9.17) is 14.2 Å². The number of rotatable bonds is 0. The molecule has 0 atom stereocenters. The maximum Gasteiger partial charge on any atom is 0.143 e. The third-order valence-electron chi connectivity index (χ3n) is 2.85. The van der Waals surface area contributed by atoms with E-state index in [9.17, 15) is 10.2 Å². The molecular formula is C14H20N2O5. The smallest absolute Gasteiger partial charge is 0.143 e. The molecule has 2 heterocycles. The fourth-order valence-electron chi connectivity index (χ4n) is 1.81. The fraction of sp³-hybridized carbons (Fsp3) is 0.571. The van der Waals surface area contributed by atoms with Crippen molar-refractivity contribution in [2.45, 2.75) is 0 Å². The summed E-state index contributed by atoms with van der Waals surface area (Å²) in [5, 5.41) is 20.4. The summed E-state index contributed by atoms with van der Waals surface area (Å²) in [6.45, 7) is 3.63. The van der Waals surface area contributed by atoms with Crippen molar-refractivity contribution in [2.24, 2.45) is 9.98 Å². The van der Waals surface area contributed by atoms with Gasteiger partial charge in [0.2, 0.25) is 0 Å². The van der Waals surface area contributed by atoms with Gasteiger partial charge in [0, 0.05) is 12.1 Å². The Labute approximate surface area is 122 Å². The molecule has 0 unspecified atom stereocenters. The van der Waals surface area contributed by atoms with E-state index in [-0.39, 0.29) is 11.5 Å². The van der Waals surface area contributed by atoms with Crippen molar-refractivity contribution < 1.29 is 24.4 Å². The van der Waals surface area contributed by atoms with E-state index in [1.807, 2.05) is 0 Å². The summed E-state index contributed by atoms with van der Waals surface area (Å²) in [7, 11) is 0. The van der Waals surface area contributed by atoms with E-state index in [1.54, 1.807) is 0 Å². The molecule has 0 saturated carbocycles. The largest absolute Gasteiger partial charge is 0.506 e. The molecule has 2 aliphatic rings. The zero-order valence-electron chi connectivity index (χ0n) is 11.8. The summed E-state index contributed by atoms with van der Waals surface area (Å²) in [6, 6.07) is 2.80. The van der Waals surface area contributed by atoms with Crippen LogP contribution in [0, 0.1) is 0 Å². The van der Waals surface area contributed by atoms with Crippen LogP contribution in [-0.2, 0) is 14.2 Å². The Bertz CT molecular complexity index is 511. The summed E-state index contributed by atoms with van der Waals surface area (Å²) in [5.74, 6) is -0.0276. The van der Waals surface area contributed by atoms with Crippen LogP contribution in [-0.4, -0.2) is 62.9 Å². The third kappa shape index (κ3) is 5.30. The van der Waals surface area contributed by atoms with Crippen molar-refractivity contribution in [3.63, 3.8) is 0 Å². The highest BCUT2D eigenvalue weighted by atomic mass is 16.5. The fourth-order valence-corrected chi connectivity index (χ4v) is 1.81. The van der Waals surface area contributed by atoms with Gasteiger partial charge in [0.25, 0.3) is 0 Å². The molecule has 0 radical (unpaired) electrons. The Hall–Kier alpha value is -1.70. The monoisotopic (exact) mass is 296 g/mol. The van der Waals surface area contributed by atoms with Gasteiger partial charge < -0.3 is 24.4 Å². The molecule has 1 aromatic carbocycles. The summed E-state index contributed by atoms with van der Waals surface area (Å²) < 4.78 is 16.0. The van der Waals surface area contributed by atoms with Crippen LogP contribution in [0.25, 0.3) is 0 Å². The number of hydrogen-bond donors (Lipinski definition) is 2. The van der Waals surface area contributed by atoms with Crippen LogP contribution in [0.2, 0.25) is 0 Å². The minimum absolute atomic E-state index is 0.0138. The lowest BCUT2D eigenvalue weighted by atomic mass is 10.3. The molecule has 116 valence electrons. The number of aromatic hydroxyl groups is 2. The van der Waals surface area contributed by atoms with Crippen LogP contribution in [0.15, 0.2) is 22.1 Å². The molecule has 2 bridgehead atoms. The molecule has 2 aliphatic heterocycles. The van der Waals surface area contributed by atoms with Gasteiger partial charge in [0.15, 0.2) is 0 Å². The van der Waals surface area contributed by atoms with Crippen LogP contribution < -0.4 is 10.7 Å². The summed E-state index contributed by atoms with van der Waals surface area (Å²) in [4.78, 5) is 8.35. The second-order valence-corrected chi connectivity index (χ2v) is 4.43. The number of ether oxygens (including phenoxy) is 3. The summed E-state index contributed by atoms with van der Waals surface area (Å²) in [5.41, 5.74) is 0. The average Bonchev–Trinajstić information content (AvgIpc) is 2.47. The van der Waals surface area contributed by atoms with Gasteiger partial charge in [-0.1, -0.05) is 0 Å². The van der Waals surface area contributed by atoms with Gasteiger partial charge in [-0.25, -0.2) is 0 Å². The Morgan fingerprint density at radius 1 is 0.667 bits per heavy atom. The zero-order valence-corrected chi connectivity index (χ0v) is 11.8. The number of hydrogen-bond acceptors (Lipinski definition) is 7. The predicted molar refractivity (Wildman–Crippen MR) is 74.3 cm³/mol. The van der Waals surface area contributed by atoms with E-state index in [0.29, 0.717) is 63.4 Å². The minimum Gasteiger partial charge on any atom is -0.506 e. The van der Waals surface area contributed by atoms with Crippen molar-refractivity contribution in [3.05, 3.63) is 22.8 Å². The van der Waals surface area contributed by atoms with E-state index in [1.165, 1.54) is 12.1 Å². The normalized spacial score (nSPS) is 18.5. The van der Waals surface area contributed by atoms with Gasteiger partial charge >= 0.3 is 0 Å². The lowest BCUT2D eigenvalue weighted by molar-refractivity contribution is 0.0174. The number of benzene rings is 1. The van der Waals surface area contributed by atoms with Crippen molar-refractivity contribution in [2.75, 3.05) is 52.7 Å². The first-order chi connectivity index (χ1) is 10.3. The number of fused-ring (bicyclic) bond motifs is 14. The summed E-state index contributed by atoms with van der Waals surface area (Å²) in [6.07, 6.45) is 0. The molecule has 7 nitrogen and oxygen atoms in total. The van der Waals surface area contributed by atoms with Gasteiger partial charge in [-0.3, -0.25) is 9.98 Å². The molecule has 0 spiro atoms. The second kappa shape index (κ2) is 8.56. The Balaban J connectivity index is 2.15. The van der Waals surface area contributed by atoms with E-state index in [0.717, 1.165) is 0 Å². The molecule has 0 aromatic heterocycles. The van der Waals surface area contributed by atoms with Crippen LogP contribution in [0.1, 0.15) is 0 Å². The highest BCUT2D eigenvalue weighted by Crippen LogP contribution is 2.02. The molecule has 21 heavy (non-hydrogen) atoms. The van der Waals surface area contributed by atoms with Crippen LogP contribution in [0.5, 0.6) is 11.5 Å². The zero-order chi connectivity index (χ0) is 14.9. The molecule has 0 amide bonds.